The van der Waals surface area contributed by atoms with E-state index in [1.165, 1.54) is 0 Å². The van der Waals surface area contributed by atoms with Crippen LogP contribution in [-0.2, 0) is 20.8 Å². The molecule has 150 valence electrons. The quantitative estimate of drug-likeness (QED) is 0.705. The van der Waals surface area contributed by atoms with Crippen LogP contribution in [0.1, 0.15) is 54.7 Å². The molecular formula is C20H25N3O5. The van der Waals surface area contributed by atoms with E-state index in [0.717, 1.165) is 31.4 Å². The van der Waals surface area contributed by atoms with Gasteiger partial charge in [0.25, 0.3) is 0 Å². The van der Waals surface area contributed by atoms with Crippen LogP contribution in [0.25, 0.3) is 0 Å². The Morgan fingerprint density at radius 2 is 2.07 bits per heavy atom. The number of rotatable bonds is 6. The zero-order valence-electron chi connectivity index (χ0n) is 16.0. The highest BCUT2D eigenvalue weighted by Gasteiger charge is 2.41. The molecule has 0 aromatic carbocycles. The lowest BCUT2D eigenvalue weighted by Gasteiger charge is -2.35. The van der Waals surface area contributed by atoms with Crippen molar-refractivity contribution in [1.82, 2.24) is 14.8 Å². The van der Waals surface area contributed by atoms with Crippen LogP contribution in [0.3, 0.4) is 0 Å². The van der Waals surface area contributed by atoms with Crippen LogP contribution >= 0.6 is 0 Å². The molecule has 2 aromatic heterocycles. The zero-order chi connectivity index (χ0) is 19.4. The first-order chi connectivity index (χ1) is 13.7. The summed E-state index contributed by atoms with van der Waals surface area (Å²) in [7, 11) is 0. The first kappa shape index (κ1) is 18.9. The van der Waals surface area contributed by atoms with Crippen molar-refractivity contribution in [1.29, 1.82) is 0 Å². The largest absolute Gasteiger partial charge is 0.469 e. The van der Waals surface area contributed by atoms with Gasteiger partial charge in [-0.1, -0.05) is 6.07 Å². The predicted molar refractivity (Wildman–Crippen MR) is 98.9 cm³/mol. The lowest BCUT2D eigenvalue weighted by atomic mass is 9.90. The van der Waals surface area contributed by atoms with Gasteiger partial charge in [-0.15, -0.1) is 5.10 Å². The summed E-state index contributed by atoms with van der Waals surface area (Å²) < 4.78 is 24.4. The van der Waals surface area contributed by atoms with Gasteiger partial charge in [0.2, 0.25) is 5.88 Å². The second-order valence-electron chi connectivity index (χ2n) is 7.00. The summed E-state index contributed by atoms with van der Waals surface area (Å²) in [5.41, 5.74) is 1.11. The molecule has 0 radical (unpaired) electrons. The van der Waals surface area contributed by atoms with Gasteiger partial charge in [-0.3, -0.25) is 9.67 Å². The number of carbonyl (C=O) groups excluding carboxylic acids is 1. The molecule has 0 bridgehead atoms. The van der Waals surface area contributed by atoms with Crippen LogP contribution in [0.4, 0.5) is 0 Å². The molecule has 0 atom stereocenters. The predicted octanol–water partition coefficient (Wildman–Crippen LogP) is 2.89. The third-order valence-corrected chi connectivity index (χ3v) is 5.18. The van der Waals surface area contributed by atoms with Crippen LogP contribution in [0.5, 0.6) is 5.88 Å². The molecule has 0 unspecified atom stereocenters. The lowest BCUT2D eigenvalue weighted by Crippen LogP contribution is -2.35. The Bertz CT molecular complexity index is 791. The van der Waals surface area contributed by atoms with E-state index in [9.17, 15) is 4.79 Å². The Hall–Kier alpha value is -2.45. The Balaban J connectivity index is 1.49. The van der Waals surface area contributed by atoms with Gasteiger partial charge < -0.3 is 18.9 Å². The summed E-state index contributed by atoms with van der Waals surface area (Å²) in [5.74, 6) is -0.580. The van der Waals surface area contributed by atoms with Crippen LogP contribution < -0.4 is 4.74 Å². The van der Waals surface area contributed by atoms with Crippen molar-refractivity contribution < 1.29 is 23.7 Å². The molecule has 0 N–H and O–H groups in total. The standard InChI is InChI=1S/C20H25N3O5/c1-2-25-19(24)17-13-23(16-6-8-20(9-7-16)27-11-12-28-20)22-18(17)26-14-15-5-3-4-10-21-15/h3-5,10,13,16H,2,6-9,11-12,14H2,1H3. The maximum atomic E-state index is 12.4. The molecule has 8 heteroatoms. The number of nitrogens with zero attached hydrogens (tertiary/aromatic N) is 3. The molecule has 2 fully saturated rings. The molecule has 3 heterocycles. The second-order valence-corrected chi connectivity index (χ2v) is 7.00. The van der Waals surface area contributed by atoms with Crippen molar-refractivity contribution in [2.75, 3.05) is 19.8 Å². The van der Waals surface area contributed by atoms with Gasteiger partial charge >= 0.3 is 5.97 Å². The summed E-state index contributed by atoms with van der Waals surface area (Å²) in [5, 5.41) is 4.55. The first-order valence-corrected chi connectivity index (χ1v) is 9.76. The third-order valence-electron chi connectivity index (χ3n) is 5.18. The SMILES string of the molecule is CCOC(=O)c1cn(C2CCC3(CC2)OCCO3)nc1OCc1ccccn1. The minimum absolute atomic E-state index is 0.166. The van der Waals surface area contributed by atoms with Crippen LogP contribution in [-0.4, -0.2) is 46.3 Å². The Morgan fingerprint density at radius 1 is 1.29 bits per heavy atom. The summed E-state index contributed by atoms with van der Waals surface area (Å²) in [6, 6.07) is 5.76. The van der Waals surface area contributed by atoms with E-state index >= 15 is 0 Å². The van der Waals surface area contributed by atoms with E-state index in [4.69, 9.17) is 18.9 Å². The molecule has 1 spiro atoms. The van der Waals surface area contributed by atoms with Gasteiger partial charge in [-0.05, 0) is 31.9 Å². The fourth-order valence-electron chi connectivity index (χ4n) is 3.74. The van der Waals surface area contributed by atoms with Crippen molar-refractivity contribution >= 4 is 5.97 Å². The smallest absolute Gasteiger partial charge is 0.345 e. The summed E-state index contributed by atoms with van der Waals surface area (Å²) >= 11 is 0. The van der Waals surface area contributed by atoms with Crippen molar-refractivity contribution in [3.63, 3.8) is 0 Å². The van der Waals surface area contributed by atoms with E-state index < -0.39 is 11.8 Å². The first-order valence-electron chi connectivity index (χ1n) is 9.76. The number of aromatic nitrogens is 3. The zero-order valence-corrected chi connectivity index (χ0v) is 16.0. The second kappa shape index (κ2) is 8.28. The molecule has 8 nitrogen and oxygen atoms in total. The van der Waals surface area contributed by atoms with Crippen LogP contribution in [0, 0.1) is 0 Å². The molecule has 4 rings (SSSR count). The molecule has 2 aromatic rings. The molecule has 2 aliphatic rings. The minimum Gasteiger partial charge on any atom is -0.469 e. The van der Waals surface area contributed by atoms with E-state index in [1.807, 2.05) is 22.9 Å². The van der Waals surface area contributed by atoms with Gasteiger partial charge in [0.15, 0.2) is 5.79 Å². The van der Waals surface area contributed by atoms with Gasteiger partial charge in [0.1, 0.15) is 12.2 Å². The fraction of sp³-hybridized carbons (Fsp3) is 0.550. The van der Waals surface area contributed by atoms with E-state index in [-0.39, 0.29) is 18.5 Å². The highest BCUT2D eigenvalue weighted by atomic mass is 16.7. The number of pyridine rings is 1. The number of carbonyl (C=O) groups is 1. The van der Waals surface area contributed by atoms with Crippen molar-refractivity contribution in [3.8, 4) is 5.88 Å². The van der Waals surface area contributed by atoms with Crippen LogP contribution in [0.15, 0.2) is 30.6 Å². The monoisotopic (exact) mass is 387 g/mol. The molecule has 0 amide bonds. The van der Waals surface area contributed by atoms with E-state index in [1.54, 1.807) is 19.3 Å². The van der Waals surface area contributed by atoms with E-state index in [0.29, 0.717) is 25.4 Å². The molecule has 1 saturated heterocycles. The fourth-order valence-corrected chi connectivity index (χ4v) is 3.74. The highest BCUT2D eigenvalue weighted by molar-refractivity contribution is 5.91. The van der Waals surface area contributed by atoms with Gasteiger partial charge in [0.05, 0.1) is 31.6 Å². The number of hydrogen-bond donors (Lipinski definition) is 0. The number of esters is 1. The number of hydrogen-bond acceptors (Lipinski definition) is 7. The minimum atomic E-state index is -0.431. The highest BCUT2D eigenvalue weighted by Crippen LogP contribution is 2.40. The maximum Gasteiger partial charge on any atom is 0.345 e. The van der Waals surface area contributed by atoms with Gasteiger partial charge in [-0.2, -0.15) is 0 Å². The number of ether oxygens (including phenoxy) is 4. The Labute approximate surface area is 163 Å². The van der Waals surface area contributed by atoms with Crippen molar-refractivity contribution in [3.05, 3.63) is 41.9 Å². The average molecular weight is 387 g/mol. The molecule has 1 saturated carbocycles. The van der Waals surface area contributed by atoms with E-state index in [2.05, 4.69) is 10.1 Å². The summed E-state index contributed by atoms with van der Waals surface area (Å²) in [6.07, 6.45) is 6.79. The van der Waals surface area contributed by atoms with Crippen molar-refractivity contribution in [2.24, 2.45) is 0 Å². The third kappa shape index (κ3) is 4.02. The molecular weight excluding hydrogens is 362 g/mol. The molecule has 1 aliphatic heterocycles. The van der Waals surface area contributed by atoms with Crippen molar-refractivity contribution in [2.45, 2.75) is 51.0 Å². The molecule has 1 aliphatic carbocycles. The topological polar surface area (TPSA) is 84.7 Å². The lowest BCUT2D eigenvalue weighted by molar-refractivity contribution is -0.181. The van der Waals surface area contributed by atoms with Gasteiger partial charge in [0, 0.05) is 25.2 Å². The summed E-state index contributed by atoms with van der Waals surface area (Å²) in [6.45, 7) is 3.62. The Kier molecular flexibility index (Phi) is 5.59. The van der Waals surface area contributed by atoms with Gasteiger partial charge in [-0.25, -0.2) is 4.79 Å². The normalized spacial score (nSPS) is 19.0. The average Bonchev–Trinajstić information content (AvgIpc) is 3.36. The Morgan fingerprint density at radius 3 is 2.75 bits per heavy atom. The van der Waals surface area contributed by atoms with Crippen LogP contribution in [0.2, 0.25) is 0 Å². The maximum absolute atomic E-state index is 12.4. The molecule has 28 heavy (non-hydrogen) atoms. The summed E-state index contributed by atoms with van der Waals surface area (Å²) in [4.78, 5) is 16.6.